The van der Waals surface area contributed by atoms with Gasteiger partial charge in [0.1, 0.15) is 11.2 Å². The van der Waals surface area contributed by atoms with Crippen molar-refractivity contribution in [2.45, 2.75) is 0 Å². The van der Waals surface area contributed by atoms with Crippen molar-refractivity contribution in [1.82, 2.24) is 0 Å². The van der Waals surface area contributed by atoms with Crippen molar-refractivity contribution in [2.75, 3.05) is 0 Å². The molecule has 3 aromatic rings. The van der Waals surface area contributed by atoms with E-state index in [0.717, 1.165) is 16.4 Å². The van der Waals surface area contributed by atoms with Gasteiger partial charge < -0.3 is 10.2 Å². The summed E-state index contributed by atoms with van der Waals surface area (Å²) in [4.78, 5) is 11.3. The molecule has 16 heavy (non-hydrogen) atoms. The topological polar surface area (TPSA) is 56.2 Å². The van der Waals surface area contributed by atoms with Crippen LogP contribution in [-0.4, -0.2) is 5.91 Å². The van der Waals surface area contributed by atoms with Crippen LogP contribution in [0.1, 0.15) is 10.4 Å². The van der Waals surface area contributed by atoms with Crippen LogP contribution in [-0.2, 0) is 0 Å². The van der Waals surface area contributed by atoms with Crippen LogP contribution in [0, 0.1) is 0 Å². The molecule has 0 saturated carbocycles. The van der Waals surface area contributed by atoms with Gasteiger partial charge in [-0.1, -0.05) is 24.3 Å². The van der Waals surface area contributed by atoms with Gasteiger partial charge in [-0.25, -0.2) is 0 Å². The quantitative estimate of drug-likeness (QED) is 0.672. The minimum absolute atomic E-state index is 0.433. The lowest BCUT2D eigenvalue weighted by molar-refractivity contribution is 0.100. The molecule has 0 spiro atoms. The lowest BCUT2D eigenvalue weighted by Crippen LogP contribution is -2.10. The number of carbonyl (C=O) groups excluding carboxylic acids is 1. The standard InChI is InChI=1S/C13H9NO2/c14-13(15)9-5-3-7-11-12(9)8-4-1-2-6-10(8)16-11/h1-7H,(H2,14,15). The number of nitrogens with two attached hydrogens (primary N) is 1. The van der Waals surface area contributed by atoms with Crippen molar-refractivity contribution in [3.8, 4) is 0 Å². The summed E-state index contributed by atoms with van der Waals surface area (Å²) >= 11 is 0. The van der Waals surface area contributed by atoms with E-state index in [1.807, 2.05) is 30.3 Å². The second kappa shape index (κ2) is 3.10. The molecular weight excluding hydrogens is 202 g/mol. The summed E-state index contributed by atoms with van der Waals surface area (Å²) in [6.07, 6.45) is 0. The van der Waals surface area contributed by atoms with Gasteiger partial charge in [-0.05, 0) is 18.2 Å². The molecule has 0 bridgehead atoms. The van der Waals surface area contributed by atoms with Crippen molar-refractivity contribution < 1.29 is 9.21 Å². The van der Waals surface area contributed by atoms with E-state index in [9.17, 15) is 4.79 Å². The van der Waals surface area contributed by atoms with Gasteiger partial charge in [-0.3, -0.25) is 4.79 Å². The molecule has 0 aliphatic heterocycles. The summed E-state index contributed by atoms with van der Waals surface area (Å²) in [6.45, 7) is 0. The Labute approximate surface area is 91.5 Å². The van der Waals surface area contributed by atoms with Gasteiger partial charge in [0.25, 0.3) is 0 Å². The fourth-order valence-electron chi connectivity index (χ4n) is 1.98. The molecule has 0 unspecified atom stereocenters. The number of carbonyl (C=O) groups is 1. The van der Waals surface area contributed by atoms with E-state index < -0.39 is 5.91 Å². The first kappa shape index (κ1) is 8.97. The predicted octanol–water partition coefficient (Wildman–Crippen LogP) is 2.68. The van der Waals surface area contributed by atoms with E-state index in [0.29, 0.717) is 11.1 Å². The lowest BCUT2D eigenvalue weighted by Gasteiger charge is -1.96. The van der Waals surface area contributed by atoms with Crippen molar-refractivity contribution in [1.29, 1.82) is 0 Å². The first-order valence-electron chi connectivity index (χ1n) is 4.97. The lowest BCUT2D eigenvalue weighted by atomic mass is 10.1. The van der Waals surface area contributed by atoms with E-state index in [-0.39, 0.29) is 0 Å². The second-order valence-corrected chi connectivity index (χ2v) is 3.64. The summed E-state index contributed by atoms with van der Waals surface area (Å²) in [5.41, 5.74) is 7.31. The highest BCUT2D eigenvalue weighted by Gasteiger charge is 2.12. The minimum atomic E-state index is -0.433. The number of rotatable bonds is 1. The second-order valence-electron chi connectivity index (χ2n) is 3.64. The summed E-state index contributed by atoms with van der Waals surface area (Å²) in [5, 5.41) is 1.72. The Balaban J connectivity index is 2.57. The zero-order valence-electron chi connectivity index (χ0n) is 8.44. The number of para-hydroxylation sites is 1. The van der Waals surface area contributed by atoms with E-state index in [4.69, 9.17) is 10.2 Å². The minimum Gasteiger partial charge on any atom is -0.456 e. The first-order valence-corrected chi connectivity index (χ1v) is 4.97. The van der Waals surface area contributed by atoms with Crippen LogP contribution in [0.2, 0.25) is 0 Å². The zero-order chi connectivity index (χ0) is 11.1. The molecule has 2 aromatic carbocycles. The highest BCUT2D eigenvalue weighted by atomic mass is 16.3. The van der Waals surface area contributed by atoms with Crippen molar-refractivity contribution in [3.63, 3.8) is 0 Å². The number of benzene rings is 2. The highest BCUT2D eigenvalue weighted by Crippen LogP contribution is 2.30. The molecule has 3 rings (SSSR count). The molecule has 0 fully saturated rings. The molecular formula is C13H9NO2. The number of primary amides is 1. The third kappa shape index (κ3) is 1.11. The smallest absolute Gasteiger partial charge is 0.249 e. The summed E-state index contributed by atoms with van der Waals surface area (Å²) in [7, 11) is 0. The van der Waals surface area contributed by atoms with E-state index in [1.54, 1.807) is 12.1 Å². The summed E-state index contributed by atoms with van der Waals surface area (Å²) in [6, 6.07) is 12.9. The number of hydrogen-bond acceptors (Lipinski definition) is 2. The Hall–Kier alpha value is -2.29. The van der Waals surface area contributed by atoms with Crippen molar-refractivity contribution in [3.05, 3.63) is 48.0 Å². The molecule has 3 nitrogen and oxygen atoms in total. The fourth-order valence-corrected chi connectivity index (χ4v) is 1.98. The molecule has 0 radical (unpaired) electrons. The SMILES string of the molecule is NC(=O)c1cccc2oc3ccccc3c12. The maximum Gasteiger partial charge on any atom is 0.249 e. The Morgan fingerprint density at radius 1 is 1.00 bits per heavy atom. The van der Waals surface area contributed by atoms with Gasteiger partial charge in [-0.15, -0.1) is 0 Å². The van der Waals surface area contributed by atoms with E-state index in [1.165, 1.54) is 0 Å². The largest absolute Gasteiger partial charge is 0.456 e. The molecule has 1 heterocycles. The molecule has 1 amide bonds. The van der Waals surface area contributed by atoms with Gasteiger partial charge in [0, 0.05) is 10.8 Å². The monoisotopic (exact) mass is 211 g/mol. The van der Waals surface area contributed by atoms with Gasteiger partial charge in [-0.2, -0.15) is 0 Å². The molecule has 0 atom stereocenters. The predicted molar refractivity (Wildman–Crippen MR) is 62.2 cm³/mol. The Morgan fingerprint density at radius 2 is 1.75 bits per heavy atom. The number of furan rings is 1. The van der Waals surface area contributed by atoms with Gasteiger partial charge in [0.2, 0.25) is 5.91 Å². The third-order valence-electron chi connectivity index (χ3n) is 2.67. The Morgan fingerprint density at radius 3 is 2.56 bits per heavy atom. The molecule has 1 aromatic heterocycles. The molecule has 0 saturated heterocycles. The maximum absolute atomic E-state index is 11.3. The fraction of sp³-hybridized carbons (Fsp3) is 0. The highest BCUT2D eigenvalue weighted by molar-refractivity contribution is 6.15. The van der Waals surface area contributed by atoms with Crippen LogP contribution < -0.4 is 5.73 Å². The average Bonchev–Trinajstić information content (AvgIpc) is 2.66. The van der Waals surface area contributed by atoms with Crippen molar-refractivity contribution >= 4 is 27.8 Å². The zero-order valence-corrected chi connectivity index (χ0v) is 8.44. The third-order valence-corrected chi connectivity index (χ3v) is 2.67. The Kier molecular flexibility index (Phi) is 1.74. The average molecular weight is 211 g/mol. The van der Waals surface area contributed by atoms with Crippen molar-refractivity contribution in [2.24, 2.45) is 5.73 Å². The van der Waals surface area contributed by atoms with Gasteiger partial charge in [0.15, 0.2) is 0 Å². The summed E-state index contributed by atoms with van der Waals surface area (Å²) < 4.78 is 5.64. The molecule has 0 aliphatic carbocycles. The molecule has 0 aliphatic rings. The number of amides is 1. The maximum atomic E-state index is 11.3. The van der Waals surface area contributed by atoms with Crippen LogP contribution in [0.4, 0.5) is 0 Å². The van der Waals surface area contributed by atoms with Gasteiger partial charge >= 0.3 is 0 Å². The van der Waals surface area contributed by atoms with E-state index >= 15 is 0 Å². The number of hydrogen-bond donors (Lipinski definition) is 1. The molecule has 2 N–H and O–H groups in total. The van der Waals surface area contributed by atoms with Crippen LogP contribution in [0.25, 0.3) is 21.9 Å². The van der Waals surface area contributed by atoms with Crippen LogP contribution >= 0.6 is 0 Å². The molecule has 78 valence electrons. The van der Waals surface area contributed by atoms with Gasteiger partial charge in [0.05, 0.1) is 5.56 Å². The molecule has 3 heteroatoms. The van der Waals surface area contributed by atoms with Crippen LogP contribution in [0.3, 0.4) is 0 Å². The number of fused-ring (bicyclic) bond motifs is 3. The van der Waals surface area contributed by atoms with E-state index in [2.05, 4.69) is 0 Å². The van der Waals surface area contributed by atoms with Crippen LogP contribution in [0.5, 0.6) is 0 Å². The Bertz CT molecular complexity index is 697. The first-order chi connectivity index (χ1) is 7.77. The van der Waals surface area contributed by atoms with Crippen LogP contribution in [0.15, 0.2) is 46.9 Å². The summed E-state index contributed by atoms with van der Waals surface area (Å²) in [5.74, 6) is -0.433. The normalized spacial score (nSPS) is 11.0.